The Bertz CT molecular complexity index is 376. The highest BCUT2D eigenvalue weighted by Gasteiger charge is 2.41. The normalized spacial score (nSPS) is 19.9. The van der Waals surface area contributed by atoms with Gasteiger partial charge in [-0.25, -0.2) is 4.98 Å². The summed E-state index contributed by atoms with van der Waals surface area (Å²) in [6.45, 7) is 6.35. The van der Waals surface area contributed by atoms with Gasteiger partial charge in [-0.05, 0) is 57.3 Å². The van der Waals surface area contributed by atoms with Gasteiger partial charge in [0.15, 0.2) is 0 Å². The molecule has 1 aromatic rings. The van der Waals surface area contributed by atoms with Gasteiger partial charge in [0.2, 0.25) is 5.95 Å². The van der Waals surface area contributed by atoms with Crippen molar-refractivity contribution in [1.29, 1.82) is 0 Å². The third kappa shape index (κ3) is 2.48. The molecule has 1 N–H and O–H groups in total. The second-order valence-electron chi connectivity index (χ2n) is 5.73. The van der Waals surface area contributed by atoms with Gasteiger partial charge in [-0.3, -0.25) is 0 Å². The van der Waals surface area contributed by atoms with Crippen LogP contribution >= 0.6 is 0 Å². The Morgan fingerprint density at radius 2 is 2.00 bits per heavy atom. The average molecular weight is 233 g/mol. The first-order valence-electron chi connectivity index (χ1n) is 7.05. The van der Waals surface area contributed by atoms with E-state index in [1.54, 1.807) is 0 Å². The summed E-state index contributed by atoms with van der Waals surface area (Å²) in [6.07, 6.45) is 8.06. The van der Waals surface area contributed by atoms with Crippen LogP contribution < -0.4 is 5.32 Å². The van der Waals surface area contributed by atoms with Crippen LogP contribution in [-0.2, 0) is 6.54 Å². The van der Waals surface area contributed by atoms with E-state index in [4.69, 9.17) is 0 Å². The molecule has 1 aromatic heterocycles. The standard InChI is InChI=1S/C14H23N3/c1-3-15-14-16-10(2)8-17(14)9-13(11-4-5-11)12-6-7-12/h8,11-13H,3-7,9H2,1-2H3,(H,15,16). The van der Waals surface area contributed by atoms with Gasteiger partial charge < -0.3 is 9.88 Å². The molecule has 3 heteroatoms. The number of imidazole rings is 1. The minimum atomic E-state index is 0.918. The fourth-order valence-corrected chi connectivity index (χ4v) is 2.94. The van der Waals surface area contributed by atoms with Crippen LogP contribution in [0.2, 0.25) is 0 Å². The number of hydrogen-bond donors (Lipinski definition) is 1. The van der Waals surface area contributed by atoms with Crippen molar-refractivity contribution in [1.82, 2.24) is 9.55 Å². The van der Waals surface area contributed by atoms with E-state index in [1.807, 2.05) is 0 Å². The molecule has 0 aliphatic heterocycles. The number of anilines is 1. The third-order valence-corrected chi connectivity index (χ3v) is 4.09. The number of nitrogens with one attached hydrogen (secondary N) is 1. The lowest BCUT2D eigenvalue weighted by atomic mass is 9.98. The van der Waals surface area contributed by atoms with Crippen molar-refractivity contribution < 1.29 is 0 Å². The molecule has 2 saturated carbocycles. The Morgan fingerprint density at radius 1 is 1.35 bits per heavy atom. The zero-order valence-corrected chi connectivity index (χ0v) is 10.9. The maximum atomic E-state index is 4.56. The summed E-state index contributed by atoms with van der Waals surface area (Å²) in [4.78, 5) is 4.56. The lowest BCUT2D eigenvalue weighted by Crippen LogP contribution is -2.16. The van der Waals surface area contributed by atoms with Gasteiger partial charge >= 0.3 is 0 Å². The summed E-state index contributed by atoms with van der Waals surface area (Å²) in [5.41, 5.74) is 1.13. The van der Waals surface area contributed by atoms with E-state index in [0.29, 0.717) is 0 Å². The summed E-state index contributed by atoms with van der Waals surface area (Å²) in [6, 6.07) is 0. The molecule has 0 saturated heterocycles. The minimum Gasteiger partial charge on any atom is -0.356 e. The summed E-state index contributed by atoms with van der Waals surface area (Å²) >= 11 is 0. The van der Waals surface area contributed by atoms with Crippen LogP contribution in [0.1, 0.15) is 38.3 Å². The molecule has 3 nitrogen and oxygen atoms in total. The molecule has 0 amide bonds. The van der Waals surface area contributed by atoms with Crippen LogP contribution in [0.4, 0.5) is 5.95 Å². The van der Waals surface area contributed by atoms with Crippen molar-refractivity contribution in [2.45, 2.75) is 46.1 Å². The Balaban J connectivity index is 1.73. The molecule has 2 aliphatic carbocycles. The molecule has 1 heterocycles. The quantitative estimate of drug-likeness (QED) is 0.818. The second-order valence-corrected chi connectivity index (χ2v) is 5.73. The zero-order chi connectivity index (χ0) is 11.8. The molecule has 0 radical (unpaired) electrons. The summed E-state index contributed by atoms with van der Waals surface area (Å²) in [5.74, 6) is 4.01. The van der Waals surface area contributed by atoms with E-state index in [-0.39, 0.29) is 0 Å². The van der Waals surface area contributed by atoms with Gasteiger partial charge in [0.05, 0.1) is 5.69 Å². The number of aromatic nitrogens is 2. The van der Waals surface area contributed by atoms with E-state index < -0.39 is 0 Å². The number of rotatable bonds is 6. The summed E-state index contributed by atoms with van der Waals surface area (Å²) in [7, 11) is 0. The maximum Gasteiger partial charge on any atom is 0.203 e. The SMILES string of the molecule is CCNc1nc(C)cn1CC(C1CC1)C1CC1. The minimum absolute atomic E-state index is 0.918. The largest absolute Gasteiger partial charge is 0.356 e. The molecule has 0 bridgehead atoms. The van der Waals surface area contributed by atoms with E-state index in [2.05, 4.69) is 34.9 Å². The van der Waals surface area contributed by atoms with E-state index in [9.17, 15) is 0 Å². The third-order valence-electron chi connectivity index (χ3n) is 4.09. The van der Waals surface area contributed by atoms with Crippen LogP contribution in [0.15, 0.2) is 6.20 Å². The van der Waals surface area contributed by atoms with E-state index >= 15 is 0 Å². The molecule has 0 aromatic carbocycles. The molecule has 17 heavy (non-hydrogen) atoms. The zero-order valence-electron chi connectivity index (χ0n) is 10.9. The monoisotopic (exact) mass is 233 g/mol. The molecular weight excluding hydrogens is 210 g/mol. The van der Waals surface area contributed by atoms with Crippen molar-refractivity contribution in [3.63, 3.8) is 0 Å². The summed E-state index contributed by atoms with van der Waals surface area (Å²) in [5, 5.41) is 3.37. The van der Waals surface area contributed by atoms with Crippen LogP contribution in [0.25, 0.3) is 0 Å². The fourth-order valence-electron chi connectivity index (χ4n) is 2.94. The lowest BCUT2D eigenvalue weighted by molar-refractivity contribution is 0.350. The second kappa shape index (κ2) is 4.35. The molecule has 0 spiro atoms. The van der Waals surface area contributed by atoms with Gasteiger partial charge in [0.25, 0.3) is 0 Å². The first-order valence-corrected chi connectivity index (χ1v) is 7.05. The highest BCUT2D eigenvalue weighted by Crippen LogP contribution is 2.50. The summed E-state index contributed by atoms with van der Waals surface area (Å²) < 4.78 is 2.35. The molecule has 3 rings (SSSR count). The topological polar surface area (TPSA) is 29.9 Å². The van der Waals surface area contributed by atoms with E-state index in [1.165, 1.54) is 32.2 Å². The number of aryl methyl sites for hydroxylation is 1. The van der Waals surface area contributed by atoms with Gasteiger partial charge in [-0.2, -0.15) is 0 Å². The van der Waals surface area contributed by atoms with Crippen LogP contribution in [0.3, 0.4) is 0 Å². The highest BCUT2D eigenvalue weighted by molar-refractivity contribution is 5.28. The van der Waals surface area contributed by atoms with Gasteiger partial charge in [-0.15, -0.1) is 0 Å². The highest BCUT2D eigenvalue weighted by atomic mass is 15.2. The van der Waals surface area contributed by atoms with Crippen molar-refractivity contribution in [2.75, 3.05) is 11.9 Å². The van der Waals surface area contributed by atoms with Gasteiger partial charge in [-0.1, -0.05) is 0 Å². The predicted octanol–water partition coefficient (Wildman–Crippen LogP) is 3.06. The Morgan fingerprint density at radius 3 is 2.53 bits per heavy atom. The lowest BCUT2D eigenvalue weighted by Gasteiger charge is -2.17. The smallest absolute Gasteiger partial charge is 0.203 e. The van der Waals surface area contributed by atoms with Gasteiger partial charge in [0.1, 0.15) is 0 Å². The predicted molar refractivity (Wildman–Crippen MR) is 70.1 cm³/mol. The fraction of sp³-hybridized carbons (Fsp3) is 0.786. The first kappa shape index (κ1) is 11.1. The van der Waals surface area contributed by atoms with Crippen LogP contribution in [0.5, 0.6) is 0 Å². The number of nitrogens with zero attached hydrogens (tertiary/aromatic N) is 2. The molecule has 0 unspecified atom stereocenters. The molecule has 2 aliphatic rings. The Kier molecular flexibility index (Phi) is 2.85. The van der Waals surface area contributed by atoms with Crippen molar-refractivity contribution in [3.8, 4) is 0 Å². The van der Waals surface area contributed by atoms with Crippen molar-refractivity contribution >= 4 is 5.95 Å². The first-order chi connectivity index (χ1) is 8.28. The average Bonchev–Trinajstić information content (AvgIpc) is 3.17. The molecular formula is C14H23N3. The maximum absolute atomic E-state index is 4.56. The molecule has 94 valence electrons. The van der Waals surface area contributed by atoms with Crippen molar-refractivity contribution in [3.05, 3.63) is 11.9 Å². The van der Waals surface area contributed by atoms with Gasteiger partial charge in [0, 0.05) is 19.3 Å². The Labute approximate surface area is 104 Å². The molecule has 2 fully saturated rings. The molecule has 0 atom stereocenters. The van der Waals surface area contributed by atoms with Crippen LogP contribution in [-0.4, -0.2) is 16.1 Å². The van der Waals surface area contributed by atoms with E-state index in [0.717, 1.165) is 35.9 Å². The number of hydrogen-bond acceptors (Lipinski definition) is 2. The Hall–Kier alpha value is -0.990. The van der Waals surface area contributed by atoms with Crippen molar-refractivity contribution in [2.24, 2.45) is 17.8 Å². The van der Waals surface area contributed by atoms with Crippen LogP contribution in [0, 0.1) is 24.7 Å².